The first kappa shape index (κ1) is 21.9. The minimum absolute atomic E-state index is 0.000427. The Kier molecular flexibility index (Phi) is 6.91. The molecule has 0 saturated carbocycles. The molecule has 1 aromatic carbocycles. The summed E-state index contributed by atoms with van der Waals surface area (Å²) in [5, 5.41) is 13.9. The van der Waals surface area contributed by atoms with Crippen molar-refractivity contribution in [3.05, 3.63) is 62.6 Å². The van der Waals surface area contributed by atoms with Crippen LogP contribution in [0.25, 0.3) is 5.70 Å². The number of aliphatic hydroxyl groups is 1. The van der Waals surface area contributed by atoms with Gasteiger partial charge in [-0.05, 0) is 18.2 Å². The Hall–Kier alpha value is -3.44. The molecule has 0 spiro atoms. The molecule has 11 heteroatoms. The van der Waals surface area contributed by atoms with Crippen molar-refractivity contribution in [3.63, 3.8) is 0 Å². The number of carbonyl (C=O) groups is 1. The van der Waals surface area contributed by atoms with Crippen molar-refractivity contribution < 1.29 is 19.1 Å². The topological polar surface area (TPSA) is 127 Å². The van der Waals surface area contributed by atoms with Crippen molar-refractivity contribution in [2.24, 2.45) is 14.1 Å². The Morgan fingerprint density at radius 1 is 1.28 bits per heavy atom. The molecular formula is C18H22FN5O5. The van der Waals surface area contributed by atoms with Crippen LogP contribution >= 0.6 is 0 Å². The van der Waals surface area contributed by atoms with Crippen molar-refractivity contribution in [1.82, 2.24) is 19.9 Å². The molecule has 2 rings (SSSR count). The van der Waals surface area contributed by atoms with Crippen molar-refractivity contribution in [2.75, 3.05) is 25.6 Å². The second-order valence-corrected chi connectivity index (χ2v) is 5.98. The maximum atomic E-state index is 14.5. The van der Waals surface area contributed by atoms with Crippen molar-refractivity contribution in [1.29, 1.82) is 0 Å². The quantitative estimate of drug-likeness (QED) is 0.353. The Labute approximate surface area is 165 Å². The van der Waals surface area contributed by atoms with E-state index >= 15 is 0 Å². The number of aliphatic hydroxyl groups excluding tert-OH is 1. The highest BCUT2D eigenvalue weighted by Gasteiger charge is 2.20. The van der Waals surface area contributed by atoms with E-state index in [9.17, 15) is 18.8 Å². The van der Waals surface area contributed by atoms with Crippen molar-refractivity contribution >= 4 is 23.1 Å². The van der Waals surface area contributed by atoms with E-state index in [4.69, 9.17) is 9.94 Å². The molecule has 1 heterocycles. The number of carbonyl (C=O) groups excluding carboxylic acids is 1. The molecular weight excluding hydrogens is 385 g/mol. The molecule has 0 radical (unpaired) electrons. The zero-order valence-electron chi connectivity index (χ0n) is 16.2. The predicted octanol–water partition coefficient (Wildman–Crippen LogP) is -0.189. The lowest BCUT2D eigenvalue weighted by Crippen LogP contribution is -2.41. The molecule has 0 bridgehead atoms. The van der Waals surface area contributed by atoms with E-state index in [-0.39, 0.29) is 41.5 Å². The number of nitrogens with one attached hydrogen (secondary N) is 3. The summed E-state index contributed by atoms with van der Waals surface area (Å²) in [5.41, 5.74) is 1.06. The Morgan fingerprint density at radius 3 is 2.55 bits per heavy atom. The van der Waals surface area contributed by atoms with E-state index in [0.29, 0.717) is 0 Å². The largest absolute Gasteiger partial charge is 0.394 e. The van der Waals surface area contributed by atoms with Crippen LogP contribution in [0, 0.1) is 5.82 Å². The third-order valence-corrected chi connectivity index (χ3v) is 4.07. The Morgan fingerprint density at radius 2 is 1.97 bits per heavy atom. The number of anilines is 2. The summed E-state index contributed by atoms with van der Waals surface area (Å²) in [7, 11) is 4.11. The molecule has 0 saturated heterocycles. The van der Waals surface area contributed by atoms with Gasteiger partial charge in [-0.15, -0.1) is 0 Å². The monoisotopic (exact) mass is 407 g/mol. The average molecular weight is 407 g/mol. The zero-order valence-corrected chi connectivity index (χ0v) is 16.2. The van der Waals surface area contributed by atoms with Crippen LogP contribution in [0.3, 0.4) is 0 Å². The average Bonchev–Trinajstić information content (AvgIpc) is 2.71. The number of benzene rings is 1. The van der Waals surface area contributed by atoms with Gasteiger partial charge in [-0.25, -0.2) is 9.18 Å². The van der Waals surface area contributed by atoms with Crippen LogP contribution in [-0.4, -0.2) is 40.4 Å². The second kappa shape index (κ2) is 9.17. The number of aromatic nitrogens is 2. The van der Waals surface area contributed by atoms with Crippen LogP contribution in [0.15, 0.2) is 34.4 Å². The molecule has 0 unspecified atom stereocenters. The van der Waals surface area contributed by atoms with Crippen LogP contribution in [-0.2, 0) is 18.9 Å². The third kappa shape index (κ3) is 4.52. The molecule has 0 aliphatic rings. The minimum atomic E-state index is -0.764. The van der Waals surface area contributed by atoms with Gasteiger partial charge in [0.1, 0.15) is 17.2 Å². The maximum Gasteiger partial charge on any atom is 0.332 e. The fourth-order valence-electron chi connectivity index (χ4n) is 2.53. The van der Waals surface area contributed by atoms with E-state index in [1.807, 2.05) is 0 Å². The molecule has 1 amide bonds. The highest BCUT2D eigenvalue weighted by molar-refractivity contribution is 5.94. The first-order chi connectivity index (χ1) is 13.7. The van der Waals surface area contributed by atoms with Gasteiger partial charge in [0.25, 0.3) is 11.5 Å². The molecule has 2 aromatic rings. The first-order valence-electron chi connectivity index (χ1n) is 8.49. The number of hydroxylamine groups is 1. The fourth-order valence-corrected chi connectivity index (χ4v) is 2.53. The summed E-state index contributed by atoms with van der Waals surface area (Å²) in [5.74, 6) is -1.26. The van der Waals surface area contributed by atoms with E-state index in [1.165, 1.54) is 33.3 Å². The van der Waals surface area contributed by atoms with E-state index < -0.39 is 23.0 Å². The summed E-state index contributed by atoms with van der Waals surface area (Å²) in [4.78, 5) is 41.6. The van der Waals surface area contributed by atoms with Gasteiger partial charge in [0.2, 0.25) is 0 Å². The first-order valence-corrected chi connectivity index (χ1v) is 8.49. The number of rotatable bonds is 8. The predicted molar refractivity (Wildman–Crippen MR) is 105 cm³/mol. The standard InChI is InChI=1S/C18H22FN5O5/c1-10(22-29-8-7-25)14-15(23(3)18(28)24(4)17(14)27)21-13-6-5-11(9-12(13)19)16(26)20-2/h5-6,9,21-22,25H,1,7-8H2,2-4H3,(H,20,26). The van der Waals surface area contributed by atoms with E-state index in [0.717, 1.165) is 15.2 Å². The normalized spacial score (nSPS) is 10.5. The second-order valence-electron chi connectivity index (χ2n) is 5.98. The van der Waals surface area contributed by atoms with Gasteiger partial charge < -0.3 is 15.7 Å². The zero-order chi connectivity index (χ0) is 21.7. The summed E-state index contributed by atoms with van der Waals surface area (Å²) < 4.78 is 16.5. The van der Waals surface area contributed by atoms with Gasteiger partial charge in [0.05, 0.1) is 24.6 Å². The smallest absolute Gasteiger partial charge is 0.332 e. The molecule has 0 aliphatic heterocycles. The molecule has 0 aliphatic carbocycles. The molecule has 29 heavy (non-hydrogen) atoms. The van der Waals surface area contributed by atoms with Gasteiger partial charge in [-0.2, -0.15) is 0 Å². The number of halogens is 1. The van der Waals surface area contributed by atoms with E-state index in [2.05, 4.69) is 22.7 Å². The van der Waals surface area contributed by atoms with Crippen LogP contribution in [0.1, 0.15) is 15.9 Å². The van der Waals surface area contributed by atoms with Gasteiger partial charge in [-0.1, -0.05) is 6.58 Å². The lowest BCUT2D eigenvalue weighted by molar-refractivity contribution is 0.0481. The highest BCUT2D eigenvalue weighted by atomic mass is 19.1. The molecule has 1 aromatic heterocycles. The van der Waals surface area contributed by atoms with Crippen LogP contribution < -0.4 is 27.4 Å². The number of hydrogen-bond donors (Lipinski definition) is 4. The van der Waals surface area contributed by atoms with Gasteiger partial charge in [-0.3, -0.25) is 29.0 Å². The highest BCUT2D eigenvalue weighted by Crippen LogP contribution is 2.24. The number of hydrogen-bond acceptors (Lipinski definition) is 7. The fraction of sp³-hybridized carbons (Fsp3) is 0.278. The van der Waals surface area contributed by atoms with Crippen molar-refractivity contribution in [2.45, 2.75) is 0 Å². The SMILES string of the molecule is C=C(NOCCO)c1c(Nc2ccc(C(=O)NC)cc2F)n(C)c(=O)n(C)c1=O. The summed E-state index contributed by atoms with van der Waals surface area (Å²) in [6.45, 7) is 3.38. The molecule has 4 N–H and O–H groups in total. The molecule has 10 nitrogen and oxygen atoms in total. The Bertz CT molecular complexity index is 1060. The third-order valence-electron chi connectivity index (χ3n) is 4.07. The van der Waals surface area contributed by atoms with Gasteiger partial charge in [0.15, 0.2) is 0 Å². The summed E-state index contributed by atoms with van der Waals surface area (Å²) in [6.07, 6.45) is 0. The lowest BCUT2D eigenvalue weighted by Gasteiger charge is -2.19. The molecule has 156 valence electrons. The minimum Gasteiger partial charge on any atom is -0.394 e. The van der Waals surface area contributed by atoms with Crippen LogP contribution in [0.2, 0.25) is 0 Å². The van der Waals surface area contributed by atoms with E-state index in [1.54, 1.807) is 0 Å². The number of amides is 1. The van der Waals surface area contributed by atoms with Crippen molar-refractivity contribution in [3.8, 4) is 0 Å². The van der Waals surface area contributed by atoms with Gasteiger partial charge in [0, 0.05) is 26.7 Å². The number of nitrogens with zero attached hydrogens (tertiary/aromatic N) is 2. The van der Waals surface area contributed by atoms with Gasteiger partial charge >= 0.3 is 5.69 Å². The van der Waals surface area contributed by atoms with Crippen LogP contribution in [0.5, 0.6) is 0 Å². The lowest BCUT2D eigenvalue weighted by atomic mass is 10.1. The van der Waals surface area contributed by atoms with Crippen LogP contribution in [0.4, 0.5) is 15.9 Å². The molecule has 0 atom stereocenters. The molecule has 0 fully saturated rings. The maximum absolute atomic E-state index is 14.5. The summed E-state index contributed by atoms with van der Waals surface area (Å²) in [6, 6.07) is 3.72. The Balaban J connectivity index is 2.54. The summed E-state index contributed by atoms with van der Waals surface area (Å²) >= 11 is 0.